The van der Waals surface area contributed by atoms with Crippen LogP contribution in [-0.4, -0.2) is 45.9 Å². The van der Waals surface area contributed by atoms with Gasteiger partial charge in [-0.15, -0.1) is 0 Å². The van der Waals surface area contributed by atoms with E-state index < -0.39 is 5.76 Å². The molecule has 3 aromatic rings. The standard InChI is InChI=1S/C24H25N3O4/c28-21-10-13-25(17-24(11-12-24)16-18-6-2-1-3-7-18)22(29)27(21)15-14-26-19-8-4-5-9-20(19)31-23(26)30/h1-9H,10-17H2. The van der Waals surface area contributed by atoms with Crippen molar-refractivity contribution in [3.05, 3.63) is 70.7 Å². The fourth-order valence-electron chi connectivity index (χ4n) is 4.53. The maximum atomic E-state index is 13.1. The number of fused-ring (bicyclic) bond motifs is 1. The molecule has 0 N–H and O–H groups in total. The third-order valence-corrected chi connectivity index (χ3v) is 6.42. The molecule has 0 bridgehead atoms. The van der Waals surface area contributed by atoms with Crippen LogP contribution in [0.2, 0.25) is 0 Å². The highest BCUT2D eigenvalue weighted by Gasteiger charge is 2.46. The summed E-state index contributed by atoms with van der Waals surface area (Å²) in [4.78, 5) is 40.9. The quantitative estimate of drug-likeness (QED) is 0.589. The molecule has 2 aliphatic rings. The molecule has 0 unspecified atom stereocenters. The predicted octanol–water partition coefficient (Wildman–Crippen LogP) is 3.27. The van der Waals surface area contributed by atoms with E-state index in [0.717, 1.165) is 19.3 Å². The first-order valence-corrected chi connectivity index (χ1v) is 10.8. The monoisotopic (exact) mass is 419 g/mol. The first-order valence-electron chi connectivity index (χ1n) is 10.8. The van der Waals surface area contributed by atoms with Crippen LogP contribution in [0, 0.1) is 5.41 Å². The number of urea groups is 1. The van der Waals surface area contributed by atoms with Crippen LogP contribution >= 0.6 is 0 Å². The van der Waals surface area contributed by atoms with E-state index >= 15 is 0 Å². The van der Waals surface area contributed by atoms with Crippen molar-refractivity contribution in [3.8, 4) is 0 Å². The van der Waals surface area contributed by atoms with Gasteiger partial charge in [-0.2, -0.15) is 0 Å². The highest BCUT2D eigenvalue weighted by molar-refractivity contribution is 5.96. The molecule has 1 aromatic heterocycles. The van der Waals surface area contributed by atoms with Crippen LogP contribution in [0.4, 0.5) is 4.79 Å². The Kier molecular flexibility index (Phi) is 4.88. The van der Waals surface area contributed by atoms with Gasteiger partial charge in [0, 0.05) is 32.6 Å². The summed E-state index contributed by atoms with van der Waals surface area (Å²) in [6, 6.07) is 17.2. The lowest BCUT2D eigenvalue weighted by atomic mass is 9.95. The van der Waals surface area contributed by atoms with E-state index in [9.17, 15) is 14.4 Å². The molecule has 3 amide bonds. The van der Waals surface area contributed by atoms with Gasteiger partial charge in [-0.1, -0.05) is 42.5 Å². The van der Waals surface area contributed by atoms with Crippen molar-refractivity contribution >= 4 is 23.0 Å². The molecule has 0 atom stereocenters. The number of amides is 3. The minimum absolute atomic E-state index is 0.112. The number of carbonyl (C=O) groups is 2. The largest absolute Gasteiger partial charge is 0.420 e. The molecule has 1 saturated heterocycles. The molecule has 31 heavy (non-hydrogen) atoms. The van der Waals surface area contributed by atoms with E-state index in [1.54, 1.807) is 18.2 Å². The molecule has 7 nitrogen and oxygen atoms in total. The number of rotatable bonds is 7. The third-order valence-electron chi connectivity index (χ3n) is 6.42. The summed E-state index contributed by atoms with van der Waals surface area (Å²) < 4.78 is 6.73. The van der Waals surface area contributed by atoms with E-state index in [-0.39, 0.29) is 30.4 Å². The number of imide groups is 1. The van der Waals surface area contributed by atoms with E-state index in [4.69, 9.17) is 4.42 Å². The van der Waals surface area contributed by atoms with Crippen molar-refractivity contribution in [3.63, 3.8) is 0 Å². The van der Waals surface area contributed by atoms with Gasteiger partial charge in [0.1, 0.15) is 0 Å². The zero-order chi connectivity index (χ0) is 21.4. The molecular weight excluding hydrogens is 394 g/mol. The van der Waals surface area contributed by atoms with Crippen molar-refractivity contribution < 1.29 is 14.0 Å². The summed E-state index contributed by atoms with van der Waals surface area (Å²) in [5, 5.41) is 0. The number of para-hydroxylation sites is 2. The lowest BCUT2D eigenvalue weighted by Gasteiger charge is -2.36. The van der Waals surface area contributed by atoms with Crippen LogP contribution in [0.25, 0.3) is 11.1 Å². The highest BCUT2D eigenvalue weighted by Crippen LogP contribution is 2.49. The number of carbonyl (C=O) groups excluding carboxylic acids is 2. The maximum Gasteiger partial charge on any atom is 0.420 e. The minimum Gasteiger partial charge on any atom is -0.408 e. The summed E-state index contributed by atoms with van der Waals surface area (Å²) in [7, 11) is 0. The molecule has 7 heteroatoms. The Bertz CT molecular complexity index is 1180. The van der Waals surface area contributed by atoms with E-state index in [2.05, 4.69) is 12.1 Å². The lowest BCUT2D eigenvalue weighted by Crippen LogP contribution is -2.54. The van der Waals surface area contributed by atoms with Gasteiger partial charge in [-0.05, 0) is 42.4 Å². The second-order valence-corrected chi connectivity index (χ2v) is 8.65. The van der Waals surface area contributed by atoms with E-state index in [1.165, 1.54) is 15.0 Å². The highest BCUT2D eigenvalue weighted by atomic mass is 16.4. The number of nitrogens with zero attached hydrogens (tertiary/aromatic N) is 3. The van der Waals surface area contributed by atoms with Gasteiger partial charge in [0.05, 0.1) is 5.52 Å². The number of hydrogen-bond donors (Lipinski definition) is 0. The van der Waals surface area contributed by atoms with Crippen LogP contribution in [0.15, 0.2) is 63.8 Å². The lowest BCUT2D eigenvalue weighted by molar-refractivity contribution is -0.131. The molecule has 2 fully saturated rings. The average molecular weight is 419 g/mol. The summed E-state index contributed by atoms with van der Waals surface area (Å²) in [6.07, 6.45) is 3.45. The van der Waals surface area contributed by atoms with Crippen molar-refractivity contribution in [2.45, 2.75) is 32.2 Å². The SMILES string of the molecule is O=C1CCN(CC2(Cc3ccccc3)CC2)C(=O)N1CCn1c(=O)oc2ccccc21. The predicted molar refractivity (Wildman–Crippen MR) is 116 cm³/mol. The Labute approximate surface area is 179 Å². The average Bonchev–Trinajstić information content (AvgIpc) is 3.44. The van der Waals surface area contributed by atoms with Crippen LogP contribution in [0.5, 0.6) is 0 Å². The van der Waals surface area contributed by atoms with Crippen LogP contribution in [-0.2, 0) is 17.8 Å². The normalized spacial score (nSPS) is 18.1. The molecule has 2 heterocycles. The fraction of sp³-hybridized carbons (Fsp3) is 0.375. The smallest absolute Gasteiger partial charge is 0.408 e. The summed E-state index contributed by atoms with van der Waals surface area (Å²) in [5.41, 5.74) is 2.56. The van der Waals surface area contributed by atoms with Crippen LogP contribution < -0.4 is 5.76 Å². The Hall–Kier alpha value is -3.35. The molecule has 1 aliphatic carbocycles. The molecule has 1 saturated carbocycles. The van der Waals surface area contributed by atoms with Gasteiger partial charge in [-0.3, -0.25) is 14.3 Å². The van der Waals surface area contributed by atoms with Gasteiger partial charge in [0.25, 0.3) is 0 Å². The maximum absolute atomic E-state index is 13.1. The topological polar surface area (TPSA) is 75.8 Å². The number of benzene rings is 2. The Morgan fingerprint density at radius 1 is 0.903 bits per heavy atom. The molecule has 1 aliphatic heterocycles. The van der Waals surface area contributed by atoms with E-state index in [1.807, 2.05) is 29.2 Å². The first-order chi connectivity index (χ1) is 15.0. The van der Waals surface area contributed by atoms with Crippen molar-refractivity contribution in [2.75, 3.05) is 19.6 Å². The number of aromatic nitrogens is 1. The summed E-state index contributed by atoms with van der Waals surface area (Å²) in [5.74, 6) is -0.662. The Morgan fingerprint density at radius 3 is 2.42 bits per heavy atom. The number of hydrogen-bond acceptors (Lipinski definition) is 4. The molecule has 0 spiro atoms. The summed E-state index contributed by atoms with van der Waals surface area (Å²) >= 11 is 0. The molecule has 2 aromatic carbocycles. The van der Waals surface area contributed by atoms with Gasteiger partial charge in [0.15, 0.2) is 5.58 Å². The van der Waals surface area contributed by atoms with Gasteiger partial charge in [0.2, 0.25) is 5.91 Å². The Morgan fingerprint density at radius 2 is 1.65 bits per heavy atom. The zero-order valence-electron chi connectivity index (χ0n) is 17.3. The fourth-order valence-corrected chi connectivity index (χ4v) is 4.53. The summed E-state index contributed by atoms with van der Waals surface area (Å²) in [6.45, 7) is 1.50. The first kappa shape index (κ1) is 19.6. The van der Waals surface area contributed by atoms with Crippen molar-refractivity contribution in [1.82, 2.24) is 14.4 Å². The second kappa shape index (κ2) is 7.72. The molecule has 0 radical (unpaired) electrons. The van der Waals surface area contributed by atoms with Gasteiger partial charge < -0.3 is 9.32 Å². The second-order valence-electron chi connectivity index (χ2n) is 8.65. The molecule has 160 valence electrons. The van der Waals surface area contributed by atoms with Crippen molar-refractivity contribution in [2.24, 2.45) is 5.41 Å². The van der Waals surface area contributed by atoms with Crippen LogP contribution in [0.1, 0.15) is 24.8 Å². The minimum atomic E-state index is -0.477. The molecule has 5 rings (SSSR count). The third kappa shape index (κ3) is 3.87. The molecular formula is C24H25N3O4. The number of oxazole rings is 1. The zero-order valence-corrected chi connectivity index (χ0v) is 17.3. The Balaban J connectivity index is 1.27. The van der Waals surface area contributed by atoms with Gasteiger partial charge in [-0.25, -0.2) is 9.59 Å². The van der Waals surface area contributed by atoms with E-state index in [0.29, 0.717) is 30.6 Å². The van der Waals surface area contributed by atoms with Gasteiger partial charge >= 0.3 is 11.8 Å². The van der Waals surface area contributed by atoms with Crippen molar-refractivity contribution in [1.29, 1.82) is 0 Å². The van der Waals surface area contributed by atoms with Crippen LogP contribution in [0.3, 0.4) is 0 Å².